The van der Waals surface area contributed by atoms with Gasteiger partial charge in [-0.2, -0.15) is 0 Å². The van der Waals surface area contributed by atoms with Gasteiger partial charge in [0.1, 0.15) is 5.75 Å². The van der Waals surface area contributed by atoms with E-state index in [4.69, 9.17) is 4.74 Å². The fourth-order valence-corrected chi connectivity index (χ4v) is 3.64. The van der Waals surface area contributed by atoms with Crippen LogP contribution in [-0.4, -0.2) is 30.1 Å². The lowest BCUT2D eigenvalue weighted by Crippen LogP contribution is -2.27. The predicted molar refractivity (Wildman–Crippen MR) is 113 cm³/mol. The minimum atomic E-state index is 0.929. The van der Waals surface area contributed by atoms with Crippen LogP contribution in [0.1, 0.15) is 42.9 Å². The normalized spacial score (nSPS) is 13.8. The molecular formula is C24H32N2O. The van der Waals surface area contributed by atoms with Gasteiger partial charge in [0.2, 0.25) is 0 Å². The first-order chi connectivity index (χ1) is 13.2. The van der Waals surface area contributed by atoms with Gasteiger partial charge in [0.15, 0.2) is 0 Å². The van der Waals surface area contributed by atoms with Gasteiger partial charge in [-0.15, -0.1) is 0 Å². The molecule has 0 aromatic heterocycles. The molecule has 2 aromatic carbocycles. The van der Waals surface area contributed by atoms with Crippen molar-refractivity contribution < 1.29 is 4.74 Å². The Labute approximate surface area is 164 Å². The van der Waals surface area contributed by atoms with E-state index in [1.807, 2.05) is 0 Å². The molecule has 0 radical (unpaired) electrons. The molecule has 3 nitrogen and oxygen atoms in total. The van der Waals surface area contributed by atoms with Crippen molar-refractivity contribution in [3.05, 3.63) is 77.1 Å². The molecule has 0 bridgehead atoms. The summed E-state index contributed by atoms with van der Waals surface area (Å²) in [7, 11) is 1.71. The number of rotatable bonds is 9. The zero-order chi connectivity index (χ0) is 19.1. The number of aryl methyl sites for hydroxylation is 2. The second kappa shape index (κ2) is 9.50. The van der Waals surface area contributed by atoms with Crippen LogP contribution in [0.25, 0.3) is 0 Å². The molecule has 3 rings (SSSR count). The van der Waals surface area contributed by atoms with E-state index in [1.54, 1.807) is 7.11 Å². The maximum atomic E-state index is 5.24. The van der Waals surface area contributed by atoms with Gasteiger partial charge < -0.3 is 14.5 Å². The first kappa shape index (κ1) is 19.3. The van der Waals surface area contributed by atoms with Crippen LogP contribution in [0.3, 0.4) is 0 Å². The zero-order valence-electron chi connectivity index (χ0n) is 16.9. The summed E-state index contributed by atoms with van der Waals surface area (Å²) in [6.07, 6.45) is 6.99. The summed E-state index contributed by atoms with van der Waals surface area (Å²) in [5.74, 6) is 0.929. The molecular weight excluding hydrogens is 332 g/mol. The molecule has 0 saturated heterocycles. The highest BCUT2D eigenvalue weighted by Gasteiger charge is 2.19. The molecule has 0 unspecified atom stereocenters. The zero-order valence-corrected chi connectivity index (χ0v) is 16.9. The summed E-state index contributed by atoms with van der Waals surface area (Å²) in [4.78, 5) is 4.99. The van der Waals surface area contributed by atoms with Crippen molar-refractivity contribution in [3.8, 4) is 5.75 Å². The fraction of sp³-hybridized carbons (Fsp3) is 0.417. The van der Waals surface area contributed by atoms with Crippen LogP contribution in [-0.2, 0) is 13.0 Å². The highest BCUT2D eigenvalue weighted by atomic mass is 16.5. The Balaban J connectivity index is 1.55. The predicted octanol–water partition coefficient (Wildman–Crippen LogP) is 5.35. The average molecular weight is 365 g/mol. The lowest BCUT2D eigenvalue weighted by Gasteiger charge is -2.23. The number of allylic oxidation sites excluding steroid dienone is 1. The van der Waals surface area contributed by atoms with Crippen molar-refractivity contribution in [1.29, 1.82) is 0 Å². The van der Waals surface area contributed by atoms with E-state index in [-0.39, 0.29) is 0 Å². The van der Waals surface area contributed by atoms with Gasteiger partial charge in [-0.3, -0.25) is 0 Å². The standard InChI is InChI=1S/C24H32N2O/c1-4-16-26-19-25(17-22-10-8-20(2)9-11-22)18-23(26)7-5-6-21-12-14-24(27-3)15-13-21/h8-15,18H,4-7,16-17,19H2,1-3H3. The maximum absolute atomic E-state index is 5.24. The maximum Gasteiger partial charge on any atom is 0.118 e. The Bertz CT molecular complexity index is 734. The highest BCUT2D eigenvalue weighted by molar-refractivity contribution is 5.27. The van der Waals surface area contributed by atoms with Crippen molar-refractivity contribution >= 4 is 0 Å². The molecule has 1 aliphatic heterocycles. The van der Waals surface area contributed by atoms with E-state index >= 15 is 0 Å². The first-order valence-corrected chi connectivity index (χ1v) is 10.1. The highest BCUT2D eigenvalue weighted by Crippen LogP contribution is 2.24. The average Bonchev–Trinajstić information content (AvgIpc) is 3.06. The van der Waals surface area contributed by atoms with Gasteiger partial charge in [-0.05, 0) is 55.9 Å². The summed E-state index contributed by atoms with van der Waals surface area (Å²) >= 11 is 0. The van der Waals surface area contributed by atoms with Crippen molar-refractivity contribution in [1.82, 2.24) is 9.80 Å². The Hall–Kier alpha value is -2.42. The minimum absolute atomic E-state index is 0.929. The van der Waals surface area contributed by atoms with Gasteiger partial charge in [0, 0.05) is 25.0 Å². The van der Waals surface area contributed by atoms with E-state index in [1.165, 1.54) is 35.2 Å². The molecule has 0 amide bonds. The quantitative estimate of drug-likeness (QED) is 0.596. The lowest BCUT2D eigenvalue weighted by molar-refractivity contribution is 0.246. The summed E-state index contributed by atoms with van der Waals surface area (Å²) in [5, 5.41) is 0. The number of hydrogen-bond acceptors (Lipinski definition) is 3. The van der Waals surface area contributed by atoms with Crippen molar-refractivity contribution in [2.75, 3.05) is 20.3 Å². The van der Waals surface area contributed by atoms with Gasteiger partial charge >= 0.3 is 0 Å². The van der Waals surface area contributed by atoms with E-state index in [0.717, 1.165) is 38.3 Å². The largest absolute Gasteiger partial charge is 0.497 e. The summed E-state index contributed by atoms with van der Waals surface area (Å²) in [6.45, 7) is 7.54. The number of ether oxygens (including phenoxy) is 1. The summed E-state index contributed by atoms with van der Waals surface area (Å²) in [5.41, 5.74) is 5.57. The van der Waals surface area contributed by atoms with Crippen LogP contribution in [0.5, 0.6) is 5.75 Å². The van der Waals surface area contributed by atoms with Crippen LogP contribution >= 0.6 is 0 Å². The third kappa shape index (κ3) is 5.53. The third-order valence-corrected chi connectivity index (χ3v) is 5.15. The second-order valence-electron chi connectivity index (χ2n) is 7.46. The molecule has 0 fully saturated rings. The van der Waals surface area contributed by atoms with Crippen LogP contribution < -0.4 is 4.74 Å². The summed E-state index contributed by atoms with van der Waals surface area (Å²) in [6, 6.07) is 17.4. The van der Waals surface area contributed by atoms with Gasteiger partial charge in [-0.25, -0.2) is 0 Å². The molecule has 2 aromatic rings. The Morgan fingerprint density at radius 3 is 2.30 bits per heavy atom. The van der Waals surface area contributed by atoms with Crippen LogP contribution in [0.2, 0.25) is 0 Å². The van der Waals surface area contributed by atoms with Crippen molar-refractivity contribution in [2.45, 2.75) is 46.1 Å². The molecule has 27 heavy (non-hydrogen) atoms. The Morgan fingerprint density at radius 1 is 0.926 bits per heavy atom. The van der Waals surface area contributed by atoms with Crippen molar-refractivity contribution in [2.24, 2.45) is 0 Å². The van der Waals surface area contributed by atoms with Crippen LogP contribution in [0.4, 0.5) is 0 Å². The monoisotopic (exact) mass is 364 g/mol. The van der Waals surface area contributed by atoms with E-state index in [0.29, 0.717) is 0 Å². The number of methoxy groups -OCH3 is 1. The topological polar surface area (TPSA) is 15.7 Å². The van der Waals surface area contributed by atoms with Gasteiger partial charge in [0.25, 0.3) is 0 Å². The molecule has 0 saturated carbocycles. The molecule has 1 aliphatic rings. The minimum Gasteiger partial charge on any atom is -0.497 e. The molecule has 0 N–H and O–H groups in total. The smallest absolute Gasteiger partial charge is 0.118 e. The Kier molecular flexibility index (Phi) is 6.80. The number of nitrogens with zero attached hydrogens (tertiary/aromatic N) is 2. The first-order valence-electron chi connectivity index (χ1n) is 10.1. The third-order valence-electron chi connectivity index (χ3n) is 5.15. The molecule has 0 aliphatic carbocycles. The summed E-state index contributed by atoms with van der Waals surface area (Å²) < 4.78 is 5.24. The van der Waals surface area contributed by atoms with Gasteiger partial charge in [-0.1, -0.05) is 48.9 Å². The fourth-order valence-electron chi connectivity index (χ4n) is 3.64. The van der Waals surface area contributed by atoms with E-state index in [2.05, 4.69) is 78.4 Å². The molecule has 0 spiro atoms. The lowest BCUT2D eigenvalue weighted by atomic mass is 10.1. The van der Waals surface area contributed by atoms with Gasteiger partial charge in [0.05, 0.1) is 13.8 Å². The van der Waals surface area contributed by atoms with Crippen LogP contribution in [0.15, 0.2) is 60.4 Å². The van der Waals surface area contributed by atoms with E-state index in [9.17, 15) is 0 Å². The molecule has 0 atom stereocenters. The number of benzene rings is 2. The van der Waals surface area contributed by atoms with E-state index < -0.39 is 0 Å². The molecule has 1 heterocycles. The second-order valence-corrected chi connectivity index (χ2v) is 7.46. The Morgan fingerprint density at radius 2 is 1.63 bits per heavy atom. The van der Waals surface area contributed by atoms with Crippen molar-refractivity contribution in [3.63, 3.8) is 0 Å². The number of hydrogen-bond donors (Lipinski definition) is 0. The SMILES string of the molecule is CCCN1CN(Cc2ccc(C)cc2)C=C1CCCc1ccc(OC)cc1. The molecule has 144 valence electrons. The molecule has 3 heteroatoms. The van der Waals surface area contributed by atoms with Crippen LogP contribution in [0, 0.1) is 6.92 Å².